The number of aromatic nitrogens is 1. The van der Waals surface area contributed by atoms with Gasteiger partial charge in [-0.05, 0) is 71.5 Å². The molecular formula is C25H26IN3O4. The van der Waals surface area contributed by atoms with Crippen LogP contribution in [-0.4, -0.2) is 36.9 Å². The number of para-hydroxylation sites is 1. The van der Waals surface area contributed by atoms with Crippen LogP contribution in [0.25, 0.3) is 0 Å². The minimum absolute atomic E-state index is 0.181. The Hall–Kier alpha value is -3.14. The number of hydrogen-bond acceptors (Lipinski definition) is 6. The third-order valence-electron chi connectivity index (χ3n) is 4.44. The van der Waals surface area contributed by atoms with Crippen molar-refractivity contribution in [3.05, 3.63) is 81.7 Å². The number of benzene rings is 2. The summed E-state index contributed by atoms with van der Waals surface area (Å²) in [4.78, 5) is 16.0. The molecule has 172 valence electrons. The van der Waals surface area contributed by atoms with Crippen LogP contribution in [0.5, 0.6) is 17.2 Å². The number of ether oxygens (including phenoxy) is 3. The molecule has 1 N–H and O–H groups in total. The summed E-state index contributed by atoms with van der Waals surface area (Å²) in [6.07, 6.45) is 4.69. The molecule has 0 aliphatic carbocycles. The maximum atomic E-state index is 12.1. The molecule has 0 aliphatic rings. The zero-order valence-electron chi connectivity index (χ0n) is 18.5. The van der Waals surface area contributed by atoms with Crippen LogP contribution in [0.15, 0.2) is 72.1 Å². The number of hydrogen-bond donors (Lipinski definition) is 1. The van der Waals surface area contributed by atoms with Gasteiger partial charge in [0.25, 0.3) is 5.91 Å². The Morgan fingerprint density at radius 2 is 1.82 bits per heavy atom. The largest absolute Gasteiger partial charge is 0.493 e. The van der Waals surface area contributed by atoms with Crippen molar-refractivity contribution in [2.24, 2.45) is 11.0 Å². The van der Waals surface area contributed by atoms with E-state index < -0.39 is 0 Å². The minimum atomic E-state index is -0.306. The van der Waals surface area contributed by atoms with E-state index in [1.165, 1.54) is 0 Å². The second-order valence-corrected chi connectivity index (χ2v) is 8.40. The van der Waals surface area contributed by atoms with Gasteiger partial charge in [0.1, 0.15) is 5.75 Å². The fourth-order valence-corrected chi connectivity index (χ4v) is 3.61. The number of carbonyl (C=O) groups is 1. The molecule has 0 saturated heterocycles. The molecule has 0 saturated carbocycles. The van der Waals surface area contributed by atoms with E-state index in [2.05, 4.69) is 45.0 Å². The molecular weight excluding hydrogens is 533 g/mol. The van der Waals surface area contributed by atoms with Gasteiger partial charge in [-0.1, -0.05) is 25.1 Å². The highest BCUT2D eigenvalue weighted by atomic mass is 127. The van der Waals surface area contributed by atoms with Crippen molar-refractivity contribution < 1.29 is 19.0 Å². The Labute approximate surface area is 207 Å². The molecule has 0 unspecified atom stereocenters. The Morgan fingerprint density at radius 3 is 2.55 bits per heavy atom. The molecule has 0 spiro atoms. The zero-order valence-corrected chi connectivity index (χ0v) is 20.7. The molecule has 0 bridgehead atoms. The molecule has 0 fully saturated rings. The summed E-state index contributed by atoms with van der Waals surface area (Å²) in [5, 5.41) is 4.06. The lowest BCUT2D eigenvalue weighted by Crippen LogP contribution is -2.18. The van der Waals surface area contributed by atoms with Crippen molar-refractivity contribution in [1.82, 2.24) is 10.4 Å². The highest BCUT2D eigenvalue weighted by molar-refractivity contribution is 14.1. The van der Waals surface area contributed by atoms with Crippen LogP contribution in [-0.2, 0) is 0 Å². The van der Waals surface area contributed by atoms with Gasteiger partial charge in [-0.3, -0.25) is 9.78 Å². The SMILES string of the molecule is CCOc1cc(/C=N\NC(=O)c2ccncc2)cc(I)c1OC[C@H](C)COc1ccccc1. The summed E-state index contributed by atoms with van der Waals surface area (Å²) >= 11 is 2.21. The molecule has 1 heterocycles. The Balaban J connectivity index is 1.60. The fourth-order valence-electron chi connectivity index (χ4n) is 2.83. The maximum Gasteiger partial charge on any atom is 0.271 e. The highest BCUT2D eigenvalue weighted by Gasteiger charge is 2.14. The first-order chi connectivity index (χ1) is 16.1. The smallest absolute Gasteiger partial charge is 0.271 e. The van der Waals surface area contributed by atoms with E-state index >= 15 is 0 Å². The predicted molar refractivity (Wildman–Crippen MR) is 136 cm³/mol. The van der Waals surface area contributed by atoms with Gasteiger partial charge in [-0.15, -0.1) is 0 Å². The molecule has 1 amide bonds. The van der Waals surface area contributed by atoms with Crippen LogP contribution in [0.4, 0.5) is 0 Å². The first-order valence-corrected chi connectivity index (χ1v) is 11.6. The molecule has 7 nitrogen and oxygen atoms in total. The van der Waals surface area contributed by atoms with Crippen molar-refractivity contribution in [1.29, 1.82) is 0 Å². The maximum absolute atomic E-state index is 12.1. The van der Waals surface area contributed by atoms with Crippen molar-refractivity contribution in [2.75, 3.05) is 19.8 Å². The van der Waals surface area contributed by atoms with Crippen molar-refractivity contribution in [3.8, 4) is 17.2 Å². The van der Waals surface area contributed by atoms with Crippen molar-refractivity contribution in [3.63, 3.8) is 0 Å². The number of amides is 1. The molecule has 2 aromatic carbocycles. The number of pyridine rings is 1. The average molecular weight is 559 g/mol. The second-order valence-electron chi connectivity index (χ2n) is 7.24. The summed E-state index contributed by atoms with van der Waals surface area (Å²) < 4.78 is 18.6. The van der Waals surface area contributed by atoms with E-state index in [-0.39, 0.29) is 11.8 Å². The third kappa shape index (κ3) is 7.74. The molecule has 33 heavy (non-hydrogen) atoms. The van der Waals surface area contributed by atoms with Gasteiger partial charge >= 0.3 is 0 Å². The number of nitrogens with zero attached hydrogens (tertiary/aromatic N) is 2. The Morgan fingerprint density at radius 1 is 1.09 bits per heavy atom. The monoisotopic (exact) mass is 559 g/mol. The standard InChI is InChI=1S/C25H26IN3O4/c1-3-31-23-14-19(15-28-29-25(30)20-9-11-27-12-10-20)13-22(26)24(23)33-17-18(2)16-32-21-7-5-4-6-8-21/h4-15,18H,3,16-17H2,1-2H3,(H,29,30)/b28-15-/t18-/m1/s1. The van der Waals surface area contributed by atoms with E-state index in [4.69, 9.17) is 14.2 Å². The van der Waals surface area contributed by atoms with Crippen molar-refractivity contribution in [2.45, 2.75) is 13.8 Å². The highest BCUT2D eigenvalue weighted by Crippen LogP contribution is 2.34. The lowest BCUT2D eigenvalue weighted by atomic mass is 10.2. The third-order valence-corrected chi connectivity index (χ3v) is 5.25. The van der Waals surface area contributed by atoms with Gasteiger partial charge in [-0.25, -0.2) is 5.43 Å². The van der Waals surface area contributed by atoms with Crippen LogP contribution in [0.3, 0.4) is 0 Å². The van der Waals surface area contributed by atoms with Crippen LogP contribution >= 0.6 is 22.6 Å². The molecule has 1 atom stereocenters. The number of rotatable bonds is 11. The van der Waals surface area contributed by atoms with Crippen LogP contribution in [0.1, 0.15) is 29.8 Å². The minimum Gasteiger partial charge on any atom is -0.493 e. The number of carbonyl (C=O) groups excluding carboxylic acids is 1. The second kappa shape index (κ2) is 12.8. The van der Waals surface area contributed by atoms with E-state index in [0.29, 0.717) is 36.9 Å². The molecule has 3 rings (SSSR count). The van der Waals surface area contributed by atoms with Gasteiger partial charge in [0, 0.05) is 23.9 Å². The Bertz CT molecular complexity index is 1060. The molecule has 3 aromatic rings. The van der Waals surface area contributed by atoms with Gasteiger partial charge < -0.3 is 14.2 Å². The van der Waals surface area contributed by atoms with Gasteiger partial charge in [0.05, 0.1) is 29.6 Å². The van der Waals surface area contributed by atoms with Crippen molar-refractivity contribution >= 4 is 34.7 Å². The summed E-state index contributed by atoms with van der Waals surface area (Å²) in [5.41, 5.74) is 3.78. The van der Waals surface area contributed by atoms with Crippen LogP contribution in [0, 0.1) is 9.49 Å². The summed E-state index contributed by atoms with van der Waals surface area (Å²) in [5.74, 6) is 2.03. The van der Waals surface area contributed by atoms with Gasteiger partial charge in [0.15, 0.2) is 11.5 Å². The summed E-state index contributed by atoms with van der Waals surface area (Å²) in [7, 11) is 0. The summed E-state index contributed by atoms with van der Waals surface area (Å²) in [6.45, 7) is 5.52. The zero-order chi connectivity index (χ0) is 23.5. The number of nitrogens with one attached hydrogen (secondary N) is 1. The van der Waals surface area contributed by atoms with E-state index in [0.717, 1.165) is 14.9 Å². The van der Waals surface area contributed by atoms with Gasteiger partial charge in [-0.2, -0.15) is 5.10 Å². The first-order valence-electron chi connectivity index (χ1n) is 10.6. The summed E-state index contributed by atoms with van der Waals surface area (Å²) in [6, 6.07) is 16.7. The molecule has 1 aromatic heterocycles. The predicted octanol–water partition coefficient (Wildman–Crippen LogP) is 4.94. The van der Waals surface area contributed by atoms with Gasteiger partial charge in [0.2, 0.25) is 0 Å². The van der Waals surface area contributed by atoms with Crippen LogP contribution < -0.4 is 19.6 Å². The Kier molecular flexibility index (Phi) is 9.49. The lowest BCUT2D eigenvalue weighted by molar-refractivity contribution is 0.0955. The number of halogens is 1. The molecule has 8 heteroatoms. The number of hydrazone groups is 1. The van der Waals surface area contributed by atoms with E-state index in [1.807, 2.05) is 49.4 Å². The molecule has 0 radical (unpaired) electrons. The lowest BCUT2D eigenvalue weighted by Gasteiger charge is -2.18. The normalized spacial score (nSPS) is 11.7. The quantitative estimate of drug-likeness (QED) is 0.205. The van der Waals surface area contributed by atoms with E-state index in [1.54, 1.807) is 30.7 Å². The first kappa shape index (κ1) is 24.5. The molecule has 0 aliphatic heterocycles. The van der Waals surface area contributed by atoms with Crippen LogP contribution in [0.2, 0.25) is 0 Å². The fraction of sp³-hybridized carbons (Fsp3) is 0.240. The average Bonchev–Trinajstić information content (AvgIpc) is 2.83. The van der Waals surface area contributed by atoms with E-state index in [9.17, 15) is 4.79 Å². The topological polar surface area (TPSA) is 82.0 Å².